The van der Waals surface area contributed by atoms with Crippen LogP contribution < -0.4 is 4.90 Å². The van der Waals surface area contributed by atoms with Crippen LogP contribution in [0.15, 0.2) is 60.9 Å². The van der Waals surface area contributed by atoms with Gasteiger partial charge in [-0.05, 0) is 50.3 Å². The Morgan fingerprint density at radius 2 is 1.51 bits per heavy atom. The van der Waals surface area contributed by atoms with E-state index in [9.17, 15) is 5.11 Å². The summed E-state index contributed by atoms with van der Waals surface area (Å²) in [5.41, 5.74) is 5.21. The Kier molecular flexibility index (Phi) is 11.4. The second-order valence-corrected chi connectivity index (χ2v) is 27.0. The molecule has 0 unspecified atom stereocenters. The average Bonchev–Trinajstić information content (AvgIpc) is 3.48. The first-order valence-electron chi connectivity index (χ1n) is 17.4. The van der Waals surface area contributed by atoms with Crippen molar-refractivity contribution < 1.29 is 14.6 Å². The summed E-state index contributed by atoms with van der Waals surface area (Å²) >= 11 is 0. The lowest BCUT2D eigenvalue weighted by Gasteiger charge is -2.35. The van der Waals surface area contributed by atoms with Crippen LogP contribution in [0.25, 0.3) is 28.0 Å². The molecular formula is C37H55N5O3Si2. The number of benzene rings is 1. The molecule has 0 radical (unpaired) electrons. The van der Waals surface area contributed by atoms with Crippen molar-refractivity contribution in [2.24, 2.45) is 0 Å². The van der Waals surface area contributed by atoms with Crippen LogP contribution in [-0.2, 0) is 9.47 Å². The Balaban J connectivity index is 1.51. The predicted molar refractivity (Wildman–Crippen MR) is 199 cm³/mol. The summed E-state index contributed by atoms with van der Waals surface area (Å²) in [6, 6.07) is 18.8. The molecule has 4 aromatic rings. The fraction of sp³-hybridized carbons (Fsp3) is 0.541. The fourth-order valence-electron chi connectivity index (χ4n) is 6.02. The summed E-state index contributed by atoms with van der Waals surface area (Å²) in [5.74, 6) is 1.18. The van der Waals surface area contributed by atoms with E-state index in [-0.39, 0.29) is 5.92 Å². The molecule has 47 heavy (non-hydrogen) atoms. The van der Waals surface area contributed by atoms with E-state index < -0.39 is 21.7 Å². The molecule has 1 N–H and O–H groups in total. The third-order valence-corrected chi connectivity index (χ3v) is 12.8. The molecule has 0 saturated heterocycles. The molecule has 5 rings (SSSR count). The van der Waals surface area contributed by atoms with E-state index in [4.69, 9.17) is 24.5 Å². The molecule has 1 aromatic carbocycles. The van der Waals surface area contributed by atoms with E-state index in [1.54, 1.807) is 0 Å². The monoisotopic (exact) mass is 673 g/mol. The first-order valence-corrected chi connectivity index (χ1v) is 24.8. The van der Waals surface area contributed by atoms with Gasteiger partial charge in [-0.1, -0.05) is 82.6 Å². The van der Waals surface area contributed by atoms with E-state index in [1.807, 2.05) is 35.1 Å². The smallest absolute Gasteiger partial charge is 0.165 e. The highest BCUT2D eigenvalue weighted by atomic mass is 28.3. The van der Waals surface area contributed by atoms with Crippen LogP contribution in [0.5, 0.6) is 0 Å². The Labute approximate surface area is 283 Å². The first-order chi connectivity index (χ1) is 22.3. The Morgan fingerprint density at radius 3 is 2.06 bits per heavy atom. The maximum absolute atomic E-state index is 11.0. The average molecular weight is 674 g/mol. The van der Waals surface area contributed by atoms with Crippen LogP contribution in [-0.4, -0.2) is 73.1 Å². The first kappa shape index (κ1) is 35.4. The molecule has 3 aromatic heterocycles. The summed E-state index contributed by atoms with van der Waals surface area (Å²) in [6.45, 7) is 18.6. The minimum absolute atomic E-state index is 0.259. The van der Waals surface area contributed by atoms with Gasteiger partial charge in [0.15, 0.2) is 5.65 Å². The molecule has 0 amide bonds. The summed E-state index contributed by atoms with van der Waals surface area (Å²) in [6.07, 6.45) is 8.00. The van der Waals surface area contributed by atoms with Crippen molar-refractivity contribution in [2.45, 2.75) is 102 Å². The van der Waals surface area contributed by atoms with Crippen LogP contribution in [0.4, 0.5) is 5.82 Å². The molecule has 0 spiro atoms. The van der Waals surface area contributed by atoms with Gasteiger partial charge in [0.1, 0.15) is 19.3 Å². The van der Waals surface area contributed by atoms with Crippen molar-refractivity contribution in [1.82, 2.24) is 19.6 Å². The molecule has 1 aliphatic rings. The number of fused-ring (bicyclic) bond motifs is 1. The minimum atomic E-state index is -1.24. The largest absolute Gasteiger partial charge is 0.390 e. The second-order valence-electron chi connectivity index (χ2n) is 15.7. The van der Waals surface area contributed by atoms with Gasteiger partial charge in [0, 0.05) is 69.9 Å². The molecule has 0 aliphatic heterocycles. The zero-order valence-corrected chi connectivity index (χ0v) is 31.6. The van der Waals surface area contributed by atoms with E-state index in [0.717, 1.165) is 96.9 Å². The molecule has 0 bridgehead atoms. The van der Waals surface area contributed by atoms with Crippen molar-refractivity contribution in [3.8, 4) is 22.4 Å². The van der Waals surface area contributed by atoms with E-state index in [2.05, 4.69) is 81.4 Å². The van der Waals surface area contributed by atoms with Crippen molar-refractivity contribution >= 4 is 27.6 Å². The fourth-order valence-corrected chi connectivity index (χ4v) is 7.53. The van der Waals surface area contributed by atoms with Gasteiger partial charge in [0.25, 0.3) is 0 Å². The van der Waals surface area contributed by atoms with Gasteiger partial charge < -0.3 is 19.5 Å². The highest BCUT2D eigenvalue weighted by molar-refractivity contribution is 6.76. The van der Waals surface area contributed by atoms with Gasteiger partial charge in [-0.15, -0.1) is 0 Å². The predicted octanol–water partition coefficient (Wildman–Crippen LogP) is 8.69. The maximum Gasteiger partial charge on any atom is 0.165 e. The van der Waals surface area contributed by atoms with Crippen LogP contribution >= 0.6 is 0 Å². The van der Waals surface area contributed by atoms with Crippen molar-refractivity contribution in [3.63, 3.8) is 0 Å². The third-order valence-electron chi connectivity index (χ3n) is 9.42. The molecule has 1 fully saturated rings. The summed E-state index contributed by atoms with van der Waals surface area (Å²) < 4.78 is 14.6. The Hall–Kier alpha value is -2.90. The Morgan fingerprint density at radius 1 is 0.872 bits per heavy atom. The van der Waals surface area contributed by atoms with Gasteiger partial charge in [0.2, 0.25) is 0 Å². The van der Waals surface area contributed by atoms with Crippen molar-refractivity contribution in [3.05, 3.63) is 66.6 Å². The number of anilines is 1. The zero-order chi connectivity index (χ0) is 33.7. The van der Waals surface area contributed by atoms with Crippen molar-refractivity contribution in [2.75, 3.05) is 31.6 Å². The van der Waals surface area contributed by atoms with E-state index in [0.29, 0.717) is 13.5 Å². The summed E-state index contributed by atoms with van der Waals surface area (Å²) in [5, 5.41) is 15.9. The summed E-state index contributed by atoms with van der Waals surface area (Å²) in [7, 11) is -2.47. The number of hydrogen-bond acceptors (Lipinski definition) is 7. The lowest BCUT2D eigenvalue weighted by Crippen LogP contribution is -2.34. The molecular weight excluding hydrogens is 619 g/mol. The van der Waals surface area contributed by atoms with Crippen molar-refractivity contribution in [1.29, 1.82) is 0 Å². The quantitative estimate of drug-likeness (QED) is 0.0768. The molecule has 3 heterocycles. The lowest BCUT2D eigenvalue weighted by molar-refractivity contribution is -0.00448. The van der Waals surface area contributed by atoms with Crippen LogP contribution in [0.3, 0.4) is 0 Å². The molecule has 8 nitrogen and oxygen atoms in total. The zero-order valence-electron chi connectivity index (χ0n) is 29.6. The SMILES string of the molecule is CCC1(O)CCC(c2cc(N(COCC[Si](C)(C)C)COCC[Si](C)(C)C)n3ncc(-c4ccc(-c5ccccc5)nc4)c3n2)CC1. The van der Waals surface area contributed by atoms with E-state index >= 15 is 0 Å². The number of pyridine rings is 1. The normalized spacial score (nSPS) is 18.9. The molecule has 10 heteroatoms. The van der Waals surface area contributed by atoms with Crippen LogP contribution in [0.2, 0.25) is 51.4 Å². The maximum atomic E-state index is 11.0. The lowest BCUT2D eigenvalue weighted by atomic mass is 9.76. The highest BCUT2D eigenvalue weighted by Gasteiger charge is 2.33. The highest BCUT2D eigenvalue weighted by Crippen LogP contribution is 2.40. The standard InChI is InChI=1S/C37H55N5O3Si2/c1-8-37(43)18-16-30(17-19-37)34-24-35(41(27-44-20-22-46(2,3)4)28-45-21-23-47(5,6)7)42-36(40-34)32(26-39-42)31-14-15-33(38-25-31)29-12-10-9-11-13-29/h9-15,24-26,30,43H,8,16-23,27-28H2,1-7H3. The number of aliphatic hydroxyl groups is 1. The second kappa shape index (κ2) is 15.1. The minimum Gasteiger partial charge on any atom is -0.390 e. The van der Waals surface area contributed by atoms with Gasteiger partial charge in [-0.25, -0.2) is 4.98 Å². The van der Waals surface area contributed by atoms with E-state index in [1.165, 1.54) is 0 Å². The van der Waals surface area contributed by atoms with Crippen LogP contribution in [0, 0.1) is 0 Å². The topological polar surface area (TPSA) is 85.0 Å². The van der Waals surface area contributed by atoms with Gasteiger partial charge in [-0.2, -0.15) is 9.61 Å². The molecule has 1 saturated carbocycles. The number of hydrogen-bond donors (Lipinski definition) is 1. The third kappa shape index (κ3) is 9.60. The molecule has 254 valence electrons. The number of nitrogens with zero attached hydrogens (tertiary/aromatic N) is 5. The molecule has 0 atom stereocenters. The number of ether oxygens (including phenoxy) is 2. The number of rotatable bonds is 15. The van der Waals surface area contributed by atoms with Gasteiger partial charge in [-0.3, -0.25) is 4.98 Å². The van der Waals surface area contributed by atoms with Crippen LogP contribution in [0.1, 0.15) is 50.6 Å². The molecule has 1 aliphatic carbocycles. The summed E-state index contributed by atoms with van der Waals surface area (Å²) in [4.78, 5) is 12.3. The Bertz CT molecular complexity index is 1550. The van der Waals surface area contributed by atoms with Gasteiger partial charge >= 0.3 is 0 Å². The number of aromatic nitrogens is 4. The van der Waals surface area contributed by atoms with Gasteiger partial charge in [0.05, 0.1) is 17.5 Å².